The van der Waals surface area contributed by atoms with Crippen molar-refractivity contribution in [1.82, 2.24) is 5.32 Å². The van der Waals surface area contributed by atoms with Crippen LogP contribution in [0.25, 0.3) is 0 Å². The van der Waals surface area contributed by atoms with Crippen LogP contribution >= 0.6 is 0 Å². The molecular weight excluding hydrogens is 210 g/mol. The summed E-state index contributed by atoms with van der Waals surface area (Å²) in [4.78, 5) is 0. The van der Waals surface area contributed by atoms with Crippen molar-refractivity contribution in [3.8, 4) is 5.75 Å². The molecule has 0 bridgehead atoms. The fraction of sp³-hybridized carbons (Fsp3) is 0.600. The number of benzene rings is 1. The summed E-state index contributed by atoms with van der Waals surface area (Å²) in [6.45, 7) is 7.50. The average Bonchev–Trinajstić information content (AvgIpc) is 2.74. The van der Waals surface area contributed by atoms with Gasteiger partial charge in [-0.1, -0.05) is 19.9 Å². The molecule has 0 spiro atoms. The summed E-state index contributed by atoms with van der Waals surface area (Å²) >= 11 is 0. The molecule has 0 amide bonds. The van der Waals surface area contributed by atoms with E-state index in [9.17, 15) is 5.11 Å². The van der Waals surface area contributed by atoms with Gasteiger partial charge < -0.3 is 10.4 Å². The monoisotopic (exact) mass is 233 g/mol. The average molecular weight is 233 g/mol. The van der Waals surface area contributed by atoms with Crippen LogP contribution in [0.5, 0.6) is 5.75 Å². The van der Waals surface area contributed by atoms with Gasteiger partial charge in [-0.2, -0.15) is 0 Å². The van der Waals surface area contributed by atoms with Gasteiger partial charge in [0.25, 0.3) is 0 Å². The maximum atomic E-state index is 9.93. The van der Waals surface area contributed by atoms with Crippen molar-refractivity contribution in [3.63, 3.8) is 0 Å². The zero-order valence-electron chi connectivity index (χ0n) is 11.1. The lowest BCUT2D eigenvalue weighted by Crippen LogP contribution is -2.24. The van der Waals surface area contributed by atoms with Gasteiger partial charge in [0.2, 0.25) is 0 Å². The quantitative estimate of drug-likeness (QED) is 0.840. The van der Waals surface area contributed by atoms with Crippen LogP contribution in [0.1, 0.15) is 49.3 Å². The van der Waals surface area contributed by atoms with Gasteiger partial charge in [0, 0.05) is 6.04 Å². The highest BCUT2D eigenvalue weighted by molar-refractivity contribution is 5.43. The Morgan fingerprint density at radius 1 is 1.41 bits per heavy atom. The van der Waals surface area contributed by atoms with Gasteiger partial charge in [-0.15, -0.1) is 0 Å². The molecule has 1 aromatic carbocycles. The van der Waals surface area contributed by atoms with Crippen molar-refractivity contribution >= 4 is 0 Å². The zero-order chi connectivity index (χ0) is 12.4. The van der Waals surface area contributed by atoms with Gasteiger partial charge in [0.05, 0.1) is 0 Å². The molecule has 1 unspecified atom stereocenters. The Kier molecular flexibility index (Phi) is 3.72. The lowest BCUT2D eigenvalue weighted by Gasteiger charge is -2.16. The first kappa shape index (κ1) is 12.4. The molecule has 1 saturated heterocycles. The van der Waals surface area contributed by atoms with Gasteiger partial charge in [0.1, 0.15) is 5.75 Å². The minimum absolute atomic E-state index is 0.380. The summed E-state index contributed by atoms with van der Waals surface area (Å²) < 4.78 is 0. The van der Waals surface area contributed by atoms with Crippen molar-refractivity contribution in [3.05, 3.63) is 28.8 Å². The highest BCUT2D eigenvalue weighted by atomic mass is 16.3. The third kappa shape index (κ3) is 2.81. The maximum Gasteiger partial charge on any atom is 0.119 e. The van der Waals surface area contributed by atoms with Crippen molar-refractivity contribution in [1.29, 1.82) is 0 Å². The van der Waals surface area contributed by atoms with E-state index in [1.54, 1.807) is 0 Å². The number of phenols is 1. The predicted molar refractivity (Wildman–Crippen MR) is 71.7 cm³/mol. The normalized spacial score (nSPS) is 20.1. The summed E-state index contributed by atoms with van der Waals surface area (Å²) in [6.07, 6.45) is 3.65. The van der Waals surface area contributed by atoms with E-state index in [1.165, 1.54) is 24.0 Å². The summed E-state index contributed by atoms with van der Waals surface area (Å²) in [5.74, 6) is 0.825. The van der Waals surface area contributed by atoms with Crippen LogP contribution in [0.3, 0.4) is 0 Å². The van der Waals surface area contributed by atoms with Gasteiger partial charge >= 0.3 is 0 Å². The predicted octanol–water partition coefficient (Wildman–Crippen LogP) is 3.12. The van der Waals surface area contributed by atoms with Crippen LogP contribution in [-0.4, -0.2) is 17.7 Å². The number of rotatable bonds is 3. The first-order chi connectivity index (χ1) is 8.08. The highest BCUT2D eigenvalue weighted by Gasteiger charge is 2.17. The SMILES string of the molecule is Cc1cc(O)c(C(C)C)cc1CC1CCCN1. The van der Waals surface area contributed by atoms with E-state index in [4.69, 9.17) is 0 Å². The Labute approximate surface area is 104 Å². The smallest absolute Gasteiger partial charge is 0.119 e. The van der Waals surface area contributed by atoms with Crippen molar-refractivity contribution in [2.24, 2.45) is 0 Å². The van der Waals surface area contributed by atoms with Crippen LogP contribution in [0.4, 0.5) is 0 Å². The second-order valence-electron chi connectivity index (χ2n) is 5.49. The Bertz CT molecular complexity index is 392. The van der Waals surface area contributed by atoms with E-state index in [1.807, 2.05) is 6.07 Å². The third-order valence-corrected chi connectivity index (χ3v) is 3.74. The van der Waals surface area contributed by atoms with E-state index in [0.29, 0.717) is 17.7 Å². The molecule has 17 heavy (non-hydrogen) atoms. The van der Waals surface area contributed by atoms with E-state index >= 15 is 0 Å². The van der Waals surface area contributed by atoms with Gasteiger partial charge in [-0.3, -0.25) is 0 Å². The molecule has 0 aromatic heterocycles. The first-order valence-electron chi connectivity index (χ1n) is 6.63. The van der Waals surface area contributed by atoms with Gasteiger partial charge in [-0.05, 0) is 61.4 Å². The molecule has 2 rings (SSSR count). The van der Waals surface area contributed by atoms with Crippen molar-refractivity contribution in [2.75, 3.05) is 6.54 Å². The van der Waals surface area contributed by atoms with Crippen LogP contribution in [0, 0.1) is 6.92 Å². The Hall–Kier alpha value is -1.02. The lowest BCUT2D eigenvalue weighted by molar-refractivity contribution is 0.463. The molecule has 1 heterocycles. The summed E-state index contributed by atoms with van der Waals surface area (Å²) in [5.41, 5.74) is 3.66. The Morgan fingerprint density at radius 3 is 2.76 bits per heavy atom. The molecule has 0 radical (unpaired) electrons. The lowest BCUT2D eigenvalue weighted by atomic mass is 9.93. The molecule has 1 aliphatic rings. The first-order valence-corrected chi connectivity index (χ1v) is 6.63. The van der Waals surface area contributed by atoms with Gasteiger partial charge in [0.15, 0.2) is 0 Å². The van der Waals surface area contributed by atoms with E-state index in [0.717, 1.165) is 18.5 Å². The molecule has 1 atom stereocenters. The van der Waals surface area contributed by atoms with Crippen LogP contribution in [-0.2, 0) is 6.42 Å². The van der Waals surface area contributed by atoms with Crippen LogP contribution < -0.4 is 5.32 Å². The molecular formula is C15H23NO. The molecule has 0 aliphatic carbocycles. The number of phenolic OH excluding ortho intramolecular Hbond substituents is 1. The minimum Gasteiger partial charge on any atom is -0.508 e. The number of hydrogen-bond acceptors (Lipinski definition) is 2. The number of nitrogens with one attached hydrogen (secondary N) is 1. The fourth-order valence-corrected chi connectivity index (χ4v) is 2.64. The standard InChI is InChI=1S/C15H23NO/c1-10(2)14-9-12(11(3)7-15(14)17)8-13-5-4-6-16-13/h7,9-10,13,16-17H,4-6,8H2,1-3H3. The summed E-state index contributed by atoms with van der Waals surface area (Å²) in [5, 5.41) is 13.5. The summed E-state index contributed by atoms with van der Waals surface area (Å²) in [6, 6.07) is 4.73. The zero-order valence-corrected chi connectivity index (χ0v) is 11.1. The largest absolute Gasteiger partial charge is 0.508 e. The molecule has 2 nitrogen and oxygen atoms in total. The highest BCUT2D eigenvalue weighted by Crippen LogP contribution is 2.29. The summed E-state index contributed by atoms with van der Waals surface area (Å²) in [7, 11) is 0. The van der Waals surface area contributed by atoms with Crippen LogP contribution in [0.15, 0.2) is 12.1 Å². The molecule has 0 saturated carbocycles. The van der Waals surface area contributed by atoms with Crippen molar-refractivity contribution in [2.45, 2.75) is 52.0 Å². The topological polar surface area (TPSA) is 32.3 Å². The third-order valence-electron chi connectivity index (χ3n) is 3.74. The van der Waals surface area contributed by atoms with Gasteiger partial charge in [-0.25, -0.2) is 0 Å². The van der Waals surface area contributed by atoms with Crippen LogP contribution in [0.2, 0.25) is 0 Å². The van der Waals surface area contributed by atoms with E-state index in [-0.39, 0.29) is 0 Å². The van der Waals surface area contributed by atoms with E-state index in [2.05, 4.69) is 32.2 Å². The molecule has 1 fully saturated rings. The molecule has 2 heteroatoms. The molecule has 2 N–H and O–H groups in total. The van der Waals surface area contributed by atoms with E-state index < -0.39 is 0 Å². The van der Waals surface area contributed by atoms with Crippen molar-refractivity contribution < 1.29 is 5.11 Å². The second-order valence-corrected chi connectivity index (χ2v) is 5.49. The second kappa shape index (κ2) is 5.09. The maximum absolute atomic E-state index is 9.93. The minimum atomic E-state index is 0.380. The number of aromatic hydroxyl groups is 1. The number of aryl methyl sites for hydroxylation is 1. The Morgan fingerprint density at radius 2 is 2.18 bits per heavy atom. The molecule has 1 aromatic rings. The number of hydrogen-bond donors (Lipinski definition) is 2. The molecule has 1 aliphatic heterocycles. The molecule has 94 valence electrons. The fourth-order valence-electron chi connectivity index (χ4n) is 2.64. The Balaban J connectivity index is 2.23.